The zero-order chi connectivity index (χ0) is 13.8. The van der Waals surface area contributed by atoms with E-state index in [9.17, 15) is 4.79 Å². The molecule has 2 heteroatoms. The van der Waals surface area contributed by atoms with Gasteiger partial charge in [0.15, 0.2) is 5.78 Å². The fraction of sp³-hybridized carbons (Fsp3) is 0.588. The second kappa shape index (κ2) is 6.33. The molecule has 104 valence electrons. The van der Waals surface area contributed by atoms with Gasteiger partial charge >= 0.3 is 0 Å². The van der Waals surface area contributed by atoms with E-state index in [1.165, 1.54) is 25.7 Å². The molecule has 1 aliphatic carbocycles. The Labute approximate surface area is 116 Å². The summed E-state index contributed by atoms with van der Waals surface area (Å²) in [6, 6.07) is 8.47. The van der Waals surface area contributed by atoms with Gasteiger partial charge in [0.1, 0.15) is 0 Å². The molecule has 0 unspecified atom stereocenters. The lowest BCUT2D eigenvalue weighted by molar-refractivity contribution is 0.0888. The van der Waals surface area contributed by atoms with Crippen molar-refractivity contribution < 1.29 is 4.79 Å². The molecular weight excluding hydrogens is 234 g/mol. The van der Waals surface area contributed by atoms with Gasteiger partial charge in [-0.1, -0.05) is 31.2 Å². The molecule has 1 fully saturated rings. The monoisotopic (exact) mass is 259 g/mol. The number of nitrogens with zero attached hydrogens (tertiary/aromatic N) is 1. The average molecular weight is 259 g/mol. The van der Waals surface area contributed by atoms with Crippen molar-refractivity contribution in [1.29, 1.82) is 0 Å². The first-order valence-electron chi connectivity index (χ1n) is 7.37. The van der Waals surface area contributed by atoms with E-state index in [1.54, 1.807) is 0 Å². The van der Waals surface area contributed by atoms with E-state index in [0.29, 0.717) is 12.6 Å². The third-order valence-electron chi connectivity index (χ3n) is 4.45. The highest BCUT2D eigenvalue weighted by atomic mass is 16.1. The van der Waals surface area contributed by atoms with Crippen LogP contribution < -0.4 is 0 Å². The second-order valence-corrected chi connectivity index (χ2v) is 6.07. The Hall–Kier alpha value is -1.15. The summed E-state index contributed by atoms with van der Waals surface area (Å²) in [5.74, 6) is 1.11. The van der Waals surface area contributed by atoms with Crippen LogP contribution in [0.5, 0.6) is 0 Å². The van der Waals surface area contributed by atoms with Crippen LogP contribution in [0.1, 0.15) is 48.5 Å². The molecule has 0 atom stereocenters. The Kier molecular flexibility index (Phi) is 4.76. The molecule has 1 saturated carbocycles. The van der Waals surface area contributed by atoms with Crippen LogP contribution in [-0.2, 0) is 0 Å². The van der Waals surface area contributed by atoms with Gasteiger partial charge in [-0.2, -0.15) is 0 Å². The topological polar surface area (TPSA) is 20.3 Å². The van der Waals surface area contributed by atoms with Gasteiger partial charge in [0, 0.05) is 11.6 Å². The quantitative estimate of drug-likeness (QED) is 0.769. The van der Waals surface area contributed by atoms with Crippen molar-refractivity contribution in [3.63, 3.8) is 0 Å². The Balaban J connectivity index is 1.94. The molecular formula is C17H25NO. The van der Waals surface area contributed by atoms with E-state index >= 15 is 0 Å². The van der Waals surface area contributed by atoms with Crippen molar-refractivity contribution in [2.24, 2.45) is 5.92 Å². The first-order valence-corrected chi connectivity index (χ1v) is 7.37. The third-order valence-corrected chi connectivity index (χ3v) is 4.45. The molecule has 0 spiro atoms. The van der Waals surface area contributed by atoms with E-state index in [2.05, 4.69) is 18.9 Å². The maximum absolute atomic E-state index is 12.3. The van der Waals surface area contributed by atoms with Crippen LogP contribution in [0.15, 0.2) is 24.3 Å². The third kappa shape index (κ3) is 3.66. The molecule has 0 bridgehead atoms. The summed E-state index contributed by atoms with van der Waals surface area (Å²) in [7, 11) is 2.09. The Morgan fingerprint density at radius 1 is 1.21 bits per heavy atom. The number of carbonyl (C=O) groups excluding carboxylic acids is 1. The molecule has 0 amide bonds. The summed E-state index contributed by atoms with van der Waals surface area (Å²) in [6.45, 7) is 4.88. The summed E-state index contributed by atoms with van der Waals surface area (Å²) in [4.78, 5) is 14.6. The SMILES string of the molecule is Cc1ccccc1C(=O)CN(C)C1CCC(C)CC1. The highest BCUT2D eigenvalue weighted by Gasteiger charge is 2.23. The molecule has 1 aliphatic rings. The number of likely N-dealkylation sites (N-methyl/N-ethyl adjacent to an activating group) is 1. The van der Waals surface area contributed by atoms with Crippen LogP contribution in [0, 0.1) is 12.8 Å². The summed E-state index contributed by atoms with van der Waals surface area (Å²) in [5, 5.41) is 0. The van der Waals surface area contributed by atoms with Gasteiger partial charge in [0.25, 0.3) is 0 Å². The number of carbonyl (C=O) groups is 1. The maximum atomic E-state index is 12.3. The van der Waals surface area contributed by atoms with Crippen LogP contribution >= 0.6 is 0 Å². The lowest BCUT2D eigenvalue weighted by Gasteiger charge is -2.33. The molecule has 0 radical (unpaired) electrons. The van der Waals surface area contributed by atoms with Crippen LogP contribution in [0.4, 0.5) is 0 Å². The summed E-state index contributed by atoms with van der Waals surface area (Å²) >= 11 is 0. The predicted octanol–water partition coefficient (Wildman–Crippen LogP) is 3.69. The zero-order valence-electron chi connectivity index (χ0n) is 12.4. The highest BCUT2D eigenvalue weighted by Crippen LogP contribution is 2.26. The van der Waals surface area contributed by atoms with Crippen molar-refractivity contribution >= 4 is 5.78 Å². The predicted molar refractivity (Wildman–Crippen MR) is 79.6 cm³/mol. The molecule has 0 heterocycles. The molecule has 0 aromatic heterocycles. The normalized spacial score (nSPS) is 23.6. The van der Waals surface area contributed by atoms with Crippen molar-refractivity contribution in [3.05, 3.63) is 35.4 Å². The van der Waals surface area contributed by atoms with Gasteiger partial charge in [-0.05, 0) is 51.1 Å². The van der Waals surface area contributed by atoms with Gasteiger partial charge in [0.2, 0.25) is 0 Å². The Bertz CT molecular complexity index is 433. The van der Waals surface area contributed by atoms with Crippen LogP contribution in [0.2, 0.25) is 0 Å². The first-order chi connectivity index (χ1) is 9.08. The molecule has 1 aromatic rings. The first kappa shape index (κ1) is 14.3. The Morgan fingerprint density at radius 3 is 2.47 bits per heavy atom. The minimum absolute atomic E-state index is 0.249. The number of rotatable bonds is 4. The smallest absolute Gasteiger partial charge is 0.177 e. The lowest BCUT2D eigenvalue weighted by Crippen LogP contribution is -2.38. The zero-order valence-corrected chi connectivity index (χ0v) is 12.4. The van der Waals surface area contributed by atoms with Gasteiger partial charge < -0.3 is 0 Å². The molecule has 2 nitrogen and oxygen atoms in total. The van der Waals surface area contributed by atoms with Crippen LogP contribution in [-0.4, -0.2) is 30.3 Å². The molecule has 0 saturated heterocycles. The van der Waals surface area contributed by atoms with Crippen LogP contribution in [0.25, 0.3) is 0 Å². The fourth-order valence-electron chi connectivity index (χ4n) is 3.01. The minimum atomic E-state index is 0.249. The standard InChI is InChI=1S/C17H25NO/c1-13-8-10-15(11-9-13)18(3)12-17(19)16-7-5-4-6-14(16)2/h4-7,13,15H,8-12H2,1-3H3. The van der Waals surface area contributed by atoms with Crippen LogP contribution in [0.3, 0.4) is 0 Å². The number of ketones is 1. The van der Waals surface area contributed by atoms with Crippen molar-refractivity contribution in [3.8, 4) is 0 Å². The summed E-state index contributed by atoms with van der Waals surface area (Å²) in [5.41, 5.74) is 1.96. The van der Waals surface area contributed by atoms with Gasteiger partial charge in [-0.15, -0.1) is 0 Å². The van der Waals surface area contributed by atoms with Gasteiger partial charge in [-0.3, -0.25) is 9.69 Å². The summed E-state index contributed by atoms with van der Waals surface area (Å²) in [6.07, 6.45) is 5.07. The largest absolute Gasteiger partial charge is 0.296 e. The second-order valence-electron chi connectivity index (χ2n) is 6.07. The molecule has 1 aromatic carbocycles. The van der Waals surface area contributed by atoms with Crippen molar-refractivity contribution in [2.75, 3.05) is 13.6 Å². The fourth-order valence-corrected chi connectivity index (χ4v) is 3.01. The highest BCUT2D eigenvalue weighted by molar-refractivity contribution is 5.98. The molecule has 2 rings (SSSR count). The molecule has 0 aliphatic heterocycles. The van der Waals surface area contributed by atoms with Gasteiger partial charge in [0.05, 0.1) is 6.54 Å². The Morgan fingerprint density at radius 2 is 1.84 bits per heavy atom. The maximum Gasteiger partial charge on any atom is 0.177 e. The lowest BCUT2D eigenvalue weighted by atomic mass is 9.86. The van der Waals surface area contributed by atoms with E-state index in [4.69, 9.17) is 0 Å². The number of hydrogen-bond acceptors (Lipinski definition) is 2. The van der Waals surface area contributed by atoms with E-state index in [0.717, 1.165) is 17.0 Å². The summed E-state index contributed by atoms with van der Waals surface area (Å²) < 4.78 is 0. The average Bonchev–Trinajstić information content (AvgIpc) is 2.39. The minimum Gasteiger partial charge on any atom is -0.296 e. The molecule has 0 N–H and O–H groups in total. The van der Waals surface area contributed by atoms with Gasteiger partial charge in [-0.25, -0.2) is 0 Å². The molecule has 19 heavy (non-hydrogen) atoms. The van der Waals surface area contributed by atoms with E-state index < -0.39 is 0 Å². The number of benzene rings is 1. The van der Waals surface area contributed by atoms with E-state index in [1.807, 2.05) is 31.2 Å². The number of Topliss-reactive ketones (excluding diaryl/α,β-unsaturated/α-hetero) is 1. The number of aryl methyl sites for hydroxylation is 1. The van der Waals surface area contributed by atoms with Crippen molar-refractivity contribution in [1.82, 2.24) is 4.90 Å². The number of hydrogen-bond donors (Lipinski definition) is 0. The van der Waals surface area contributed by atoms with E-state index in [-0.39, 0.29) is 5.78 Å². The van der Waals surface area contributed by atoms with Crippen molar-refractivity contribution in [2.45, 2.75) is 45.6 Å².